The number of benzene rings is 3. The van der Waals surface area contributed by atoms with E-state index < -0.39 is 17.8 Å². The van der Waals surface area contributed by atoms with E-state index in [2.05, 4.69) is 21.2 Å². The average molecular weight is 549 g/mol. The summed E-state index contributed by atoms with van der Waals surface area (Å²) in [5.74, 6) is -0.553. The Morgan fingerprint density at radius 1 is 0.944 bits per heavy atom. The first kappa shape index (κ1) is 25.2. The first-order valence-corrected chi connectivity index (χ1v) is 12.0. The largest absolute Gasteiger partial charge is 0.493 e. The van der Waals surface area contributed by atoms with Gasteiger partial charge in [-0.3, -0.25) is 14.9 Å². The van der Waals surface area contributed by atoms with Gasteiger partial charge in [0.2, 0.25) is 0 Å². The molecule has 1 N–H and O–H groups in total. The SMILES string of the molecule is COc1cc(/C=C2\C(=O)NC(=O)N(c3ccc(C)c(C)c3)C2=O)cc(Br)c1OCc1ccc(C)cc1. The molecule has 0 bridgehead atoms. The molecule has 0 aromatic heterocycles. The van der Waals surface area contributed by atoms with Crippen molar-refractivity contribution in [1.82, 2.24) is 5.32 Å². The highest BCUT2D eigenvalue weighted by Gasteiger charge is 2.37. The van der Waals surface area contributed by atoms with Crippen LogP contribution in [-0.2, 0) is 16.2 Å². The van der Waals surface area contributed by atoms with Crippen molar-refractivity contribution in [3.05, 3.63) is 92.5 Å². The number of hydrogen-bond acceptors (Lipinski definition) is 5. The van der Waals surface area contributed by atoms with Crippen molar-refractivity contribution >= 4 is 45.5 Å². The summed E-state index contributed by atoms with van der Waals surface area (Å²) in [5.41, 5.74) is 4.85. The van der Waals surface area contributed by atoms with Gasteiger partial charge in [0.15, 0.2) is 11.5 Å². The maximum absolute atomic E-state index is 13.2. The number of ether oxygens (including phenoxy) is 2. The Labute approximate surface area is 217 Å². The molecule has 3 aromatic carbocycles. The minimum atomic E-state index is -0.788. The van der Waals surface area contributed by atoms with E-state index in [-0.39, 0.29) is 5.57 Å². The van der Waals surface area contributed by atoms with E-state index in [1.807, 2.05) is 51.1 Å². The van der Waals surface area contributed by atoms with Crippen molar-refractivity contribution < 1.29 is 23.9 Å². The van der Waals surface area contributed by atoms with Crippen molar-refractivity contribution in [2.24, 2.45) is 0 Å². The van der Waals surface area contributed by atoms with Crippen LogP contribution in [0.5, 0.6) is 11.5 Å². The first-order chi connectivity index (χ1) is 17.2. The number of aryl methyl sites for hydroxylation is 3. The number of methoxy groups -OCH3 is 1. The Kier molecular flexibility index (Phi) is 7.26. The third kappa shape index (κ3) is 5.18. The summed E-state index contributed by atoms with van der Waals surface area (Å²) in [4.78, 5) is 39.3. The zero-order valence-electron chi connectivity index (χ0n) is 20.3. The number of carbonyl (C=O) groups excluding carboxylic acids is 3. The van der Waals surface area contributed by atoms with E-state index in [1.54, 1.807) is 24.3 Å². The summed E-state index contributed by atoms with van der Waals surface area (Å²) in [5, 5.41) is 2.25. The second kappa shape index (κ2) is 10.4. The molecule has 0 saturated carbocycles. The molecule has 1 fully saturated rings. The smallest absolute Gasteiger partial charge is 0.335 e. The van der Waals surface area contributed by atoms with Gasteiger partial charge in [0.05, 0.1) is 17.3 Å². The summed E-state index contributed by atoms with van der Waals surface area (Å²) in [6.07, 6.45) is 1.43. The van der Waals surface area contributed by atoms with Crippen LogP contribution in [0.15, 0.2) is 64.6 Å². The molecule has 3 aromatic rings. The van der Waals surface area contributed by atoms with Crippen LogP contribution in [0.3, 0.4) is 0 Å². The number of urea groups is 1. The fourth-order valence-corrected chi connectivity index (χ4v) is 4.30. The topological polar surface area (TPSA) is 84.9 Å². The molecule has 0 spiro atoms. The van der Waals surface area contributed by atoms with Crippen LogP contribution in [0.1, 0.15) is 27.8 Å². The van der Waals surface area contributed by atoms with Gasteiger partial charge >= 0.3 is 6.03 Å². The van der Waals surface area contributed by atoms with E-state index in [9.17, 15) is 14.4 Å². The van der Waals surface area contributed by atoms with Gasteiger partial charge in [0.1, 0.15) is 12.2 Å². The van der Waals surface area contributed by atoms with Crippen molar-refractivity contribution in [2.75, 3.05) is 12.0 Å². The number of nitrogens with one attached hydrogen (secondary N) is 1. The summed E-state index contributed by atoms with van der Waals surface area (Å²) in [6, 6.07) is 15.8. The lowest BCUT2D eigenvalue weighted by Gasteiger charge is -2.27. The lowest BCUT2D eigenvalue weighted by Crippen LogP contribution is -2.54. The van der Waals surface area contributed by atoms with Crippen molar-refractivity contribution in [2.45, 2.75) is 27.4 Å². The van der Waals surface area contributed by atoms with Crippen LogP contribution in [0.4, 0.5) is 10.5 Å². The van der Waals surface area contributed by atoms with E-state index in [0.29, 0.717) is 33.8 Å². The van der Waals surface area contributed by atoms with E-state index >= 15 is 0 Å². The highest BCUT2D eigenvalue weighted by Crippen LogP contribution is 2.38. The third-order valence-electron chi connectivity index (χ3n) is 5.92. The van der Waals surface area contributed by atoms with E-state index in [1.165, 1.54) is 13.2 Å². The molecule has 4 amide bonds. The number of amides is 4. The molecule has 1 aliphatic rings. The molecule has 36 heavy (non-hydrogen) atoms. The minimum Gasteiger partial charge on any atom is -0.493 e. The standard InChI is InChI=1S/C28H25BrN2O5/c1-16-5-8-19(9-6-16)15-36-25-23(29)13-20(14-24(25)35-4)12-22-26(32)30-28(34)31(27(22)33)21-10-7-17(2)18(3)11-21/h5-14H,15H2,1-4H3,(H,30,32,34)/b22-12+. The predicted molar refractivity (Wildman–Crippen MR) is 141 cm³/mol. The van der Waals surface area contributed by atoms with Gasteiger partial charge in [-0.1, -0.05) is 35.9 Å². The van der Waals surface area contributed by atoms with Gasteiger partial charge in [-0.15, -0.1) is 0 Å². The van der Waals surface area contributed by atoms with Gasteiger partial charge in [0, 0.05) is 0 Å². The highest BCUT2D eigenvalue weighted by atomic mass is 79.9. The first-order valence-electron chi connectivity index (χ1n) is 11.2. The molecule has 1 heterocycles. The monoisotopic (exact) mass is 548 g/mol. The van der Waals surface area contributed by atoms with Gasteiger partial charge in [-0.05, 0) is 89.3 Å². The molecule has 184 valence electrons. The molecule has 0 atom stereocenters. The molecule has 7 nitrogen and oxygen atoms in total. The number of carbonyl (C=O) groups is 3. The number of anilines is 1. The Morgan fingerprint density at radius 3 is 2.33 bits per heavy atom. The average Bonchev–Trinajstić information content (AvgIpc) is 2.84. The highest BCUT2D eigenvalue weighted by molar-refractivity contribution is 9.10. The van der Waals surface area contributed by atoms with E-state index in [4.69, 9.17) is 9.47 Å². The number of barbiturate groups is 1. The number of imide groups is 2. The zero-order valence-corrected chi connectivity index (χ0v) is 21.9. The summed E-state index contributed by atoms with van der Waals surface area (Å²) < 4.78 is 12.1. The Morgan fingerprint density at radius 2 is 1.67 bits per heavy atom. The maximum atomic E-state index is 13.2. The lowest BCUT2D eigenvalue weighted by atomic mass is 10.0. The molecule has 8 heteroatoms. The summed E-state index contributed by atoms with van der Waals surface area (Å²) in [6.45, 7) is 6.18. The summed E-state index contributed by atoms with van der Waals surface area (Å²) >= 11 is 3.51. The summed E-state index contributed by atoms with van der Waals surface area (Å²) in [7, 11) is 1.51. The van der Waals surface area contributed by atoms with Crippen LogP contribution in [0.2, 0.25) is 0 Å². The van der Waals surface area contributed by atoms with Gasteiger partial charge in [0.25, 0.3) is 11.8 Å². The van der Waals surface area contributed by atoms with Gasteiger partial charge in [-0.2, -0.15) is 0 Å². The van der Waals surface area contributed by atoms with Gasteiger partial charge < -0.3 is 9.47 Å². The quantitative estimate of drug-likeness (QED) is 0.318. The van der Waals surface area contributed by atoms with Crippen LogP contribution in [0, 0.1) is 20.8 Å². The van der Waals surface area contributed by atoms with Crippen LogP contribution < -0.4 is 19.7 Å². The van der Waals surface area contributed by atoms with E-state index in [0.717, 1.165) is 27.2 Å². The molecule has 1 saturated heterocycles. The second-order valence-corrected chi connectivity index (χ2v) is 9.39. The fourth-order valence-electron chi connectivity index (χ4n) is 3.73. The number of nitrogens with zero attached hydrogens (tertiary/aromatic N) is 1. The normalized spacial score (nSPS) is 14.8. The molecule has 4 rings (SSSR count). The molecule has 0 aliphatic carbocycles. The Bertz CT molecular complexity index is 1400. The number of rotatable bonds is 6. The number of halogens is 1. The minimum absolute atomic E-state index is 0.171. The molecular formula is C28H25BrN2O5. The second-order valence-electron chi connectivity index (χ2n) is 8.53. The molecule has 0 unspecified atom stereocenters. The Hall–Kier alpha value is -3.91. The lowest BCUT2D eigenvalue weighted by molar-refractivity contribution is -0.122. The predicted octanol–water partition coefficient (Wildman–Crippen LogP) is 5.63. The Balaban J connectivity index is 1.64. The van der Waals surface area contributed by atoms with Crippen molar-refractivity contribution in [3.8, 4) is 11.5 Å². The molecular weight excluding hydrogens is 524 g/mol. The number of hydrogen-bond donors (Lipinski definition) is 1. The van der Waals surface area contributed by atoms with Crippen molar-refractivity contribution in [3.63, 3.8) is 0 Å². The van der Waals surface area contributed by atoms with Crippen LogP contribution in [0.25, 0.3) is 6.08 Å². The zero-order chi connectivity index (χ0) is 26.0. The molecule has 0 radical (unpaired) electrons. The van der Waals surface area contributed by atoms with Crippen LogP contribution in [-0.4, -0.2) is 25.0 Å². The van der Waals surface area contributed by atoms with Gasteiger partial charge in [-0.25, -0.2) is 9.69 Å². The van der Waals surface area contributed by atoms with Crippen molar-refractivity contribution in [1.29, 1.82) is 0 Å². The fraction of sp³-hybridized carbons (Fsp3) is 0.179. The third-order valence-corrected chi connectivity index (χ3v) is 6.51. The molecule has 1 aliphatic heterocycles. The maximum Gasteiger partial charge on any atom is 0.335 e. The van der Waals surface area contributed by atoms with Crippen LogP contribution >= 0.6 is 15.9 Å².